The van der Waals surface area contributed by atoms with Gasteiger partial charge in [-0.05, 0) is 37.3 Å². The van der Waals surface area contributed by atoms with E-state index in [2.05, 4.69) is 10.1 Å². The second-order valence-corrected chi connectivity index (χ2v) is 5.64. The molecule has 0 radical (unpaired) electrons. The molecule has 0 saturated heterocycles. The first kappa shape index (κ1) is 14.7. The lowest BCUT2D eigenvalue weighted by Crippen LogP contribution is -2.00. The van der Waals surface area contributed by atoms with Gasteiger partial charge in [0.2, 0.25) is 5.95 Å². The van der Waals surface area contributed by atoms with Crippen LogP contribution in [0.3, 0.4) is 0 Å². The van der Waals surface area contributed by atoms with Crippen LogP contribution in [0.2, 0.25) is 0 Å². The van der Waals surface area contributed by atoms with Crippen LogP contribution in [0.25, 0.3) is 0 Å². The zero-order valence-electron chi connectivity index (χ0n) is 12.5. The van der Waals surface area contributed by atoms with Crippen molar-refractivity contribution in [1.82, 2.24) is 9.66 Å². The van der Waals surface area contributed by atoms with E-state index in [1.807, 2.05) is 13.0 Å². The quantitative estimate of drug-likeness (QED) is 0.834. The Labute approximate surface area is 128 Å². The number of benzene rings is 1. The Balaban J connectivity index is 1.64. The summed E-state index contributed by atoms with van der Waals surface area (Å²) in [5.74, 6) is 0.701. The van der Waals surface area contributed by atoms with Gasteiger partial charge in [-0.2, -0.15) is 5.10 Å². The lowest BCUT2D eigenvalue weighted by molar-refractivity contribution is 0.109. The molecule has 1 fully saturated rings. The average Bonchev–Trinajstić information content (AvgIpc) is 3.24. The van der Waals surface area contributed by atoms with Crippen LogP contribution in [0.15, 0.2) is 29.5 Å². The molecule has 0 amide bonds. The topological polar surface area (TPSA) is 65.4 Å². The van der Waals surface area contributed by atoms with E-state index in [4.69, 9.17) is 10.5 Å². The van der Waals surface area contributed by atoms with Crippen molar-refractivity contribution < 1.29 is 9.13 Å². The Bertz CT molecular complexity index is 691. The number of nitrogens with two attached hydrogens (primary N) is 1. The van der Waals surface area contributed by atoms with Crippen molar-refractivity contribution in [1.29, 1.82) is 0 Å². The lowest BCUT2D eigenvalue weighted by Gasteiger charge is -2.05. The minimum absolute atomic E-state index is 0.283. The molecule has 2 N–H and O–H groups in total. The highest BCUT2D eigenvalue weighted by atomic mass is 19.1. The van der Waals surface area contributed by atoms with Crippen LogP contribution >= 0.6 is 0 Å². The summed E-state index contributed by atoms with van der Waals surface area (Å²) >= 11 is 0. The van der Waals surface area contributed by atoms with E-state index in [0.717, 1.165) is 12.3 Å². The summed E-state index contributed by atoms with van der Waals surface area (Å²) in [7, 11) is 0. The molecule has 116 valence electrons. The Kier molecular flexibility index (Phi) is 4.20. The fraction of sp³-hybridized carbons (Fsp3) is 0.375. The van der Waals surface area contributed by atoms with E-state index in [9.17, 15) is 4.39 Å². The molecular formula is C16H19FN4O. The van der Waals surface area contributed by atoms with Crippen LogP contribution < -0.4 is 5.73 Å². The predicted octanol–water partition coefficient (Wildman–Crippen LogP) is 2.72. The van der Waals surface area contributed by atoms with Gasteiger partial charge in [-0.3, -0.25) is 0 Å². The molecule has 22 heavy (non-hydrogen) atoms. The summed E-state index contributed by atoms with van der Waals surface area (Å²) < 4.78 is 21.0. The van der Waals surface area contributed by atoms with E-state index >= 15 is 0 Å². The van der Waals surface area contributed by atoms with Gasteiger partial charge in [-0.15, -0.1) is 0 Å². The van der Waals surface area contributed by atoms with E-state index < -0.39 is 0 Å². The minimum atomic E-state index is -0.283. The van der Waals surface area contributed by atoms with E-state index in [0.29, 0.717) is 29.6 Å². The van der Waals surface area contributed by atoms with Crippen molar-refractivity contribution in [2.75, 3.05) is 12.3 Å². The highest BCUT2D eigenvalue weighted by Gasteiger charge is 2.21. The van der Waals surface area contributed by atoms with E-state index in [1.54, 1.807) is 18.5 Å². The smallest absolute Gasteiger partial charge is 0.221 e. The summed E-state index contributed by atoms with van der Waals surface area (Å²) in [6, 6.07) is 4.98. The number of ether oxygens (including phenoxy) is 1. The molecule has 6 heteroatoms. The summed E-state index contributed by atoms with van der Waals surface area (Å²) in [6.45, 7) is 2.87. The van der Waals surface area contributed by atoms with Crippen LogP contribution in [-0.2, 0) is 11.3 Å². The molecule has 0 atom stereocenters. The molecule has 3 rings (SSSR count). The van der Waals surface area contributed by atoms with Gasteiger partial charge in [0.25, 0.3) is 0 Å². The lowest BCUT2D eigenvalue weighted by atomic mass is 10.1. The summed E-state index contributed by atoms with van der Waals surface area (Å²) in [6.07, 6.45) is 5.72. The molecule has 1 aromatic heterocycles. The highest BCUT2D eigenvalue weighted by molar-refractivity contribution is 5.79. The third kappa shape index (κ3) is 3.71. The number of anilines is 1. The van der Waals surface area contributed by atoms with Crippen molar-refractivity contribution in [3.05, 3.63) is 47.0 Å². The minimum Gasteiger partial charge on any atom is -0.376 e. The standard InChI is InChI=1S/C16H19FN4O/c1-11-8-21(16(18)20-11)19-7-13-4-5-14(15(17)6-13)10-22-9-12-2-3-12/h4-8,12H,2-3,9-10H2,1H3,(H2,18,20). The largest absolute Gasteiger partial charge is 0.376 e. The van der Waals surface area contributed by atoms with Gasteiger partial charge < -0.3 is 10.5 Å². The van der Waals surface area contributed by atoms with Gasteiger partial charge in [0.05, 0.1) is 24.7 Å². The highest BCUT2D eigenvalue weighted by Crippen LogP contribution is 2.29. The monoisotopic (exact) mass is 302 g/mol. The van der Waals surface area contributed by atoms with Crippen molar-refractivity contribution in [3.63, 3.8) is 0 Å². The third-order valence-corrected chi connectivity index (χ3v) is 3.55. The maximum absolute atomic E-state index is 14.0. The fourth-order valence-electron chi connectivity index (χ4n) is 2.11. The van der Waals surface area contributed by atoms with Crippen LogP contribution in [0.5, 0.6) is 0 Å². The normalized spacial score (nSPS) is 14.8. The number of nitrogens with zero attached hydrogens (tertiary/aromatic N) is 3. The molecule has 2 aromatic rings. The van der Waals surface area contributed by atoms with E-state index in [1.165, 1.54) is 23.6 Å². The number of hydrogen-bond donors (Lipinski definition) is 1. The van der Waals surface area contributed by atoms with Gasteiger partial charge in [0.15, 0.2) is 0 Å². The summed E-state index contributed by atoms with van der Waals surface area (Å²) in [4.78, 5) is 4.04. The number of aromatic nitrogens is 2. The van der Waals surface area contributed by atoms with Crippen LogP contribution in [0, 0.1) is 18.7 Å². The molecule has 1 saturated carbocycles. The average molecular weight is 302 g/mol. The van der Waals surface area contributed by atoms with Gasteiger partial charge in [0.1, 0.15) is 5.82 Å². The van der Waals surface area contributed by atoms with Crippen molar-refractivity contribution >= 4 is 12.2 Å². The fourth-order valence-corrected chi connectivity index (χ4v) is 2.11. The van der Waals surface area contributed by atoms with Crippen LogP contribution in [0.4, 0.5) is 10.3 Å². The second-order valence-electron chi connectivity index (χ2n) is 5.64. The maximum Gasteiger partial charge on any atom is 0.221 e. The molecule has 0 spiro atoms. The number of halogens is 1. The number of hydrogen-bond acceptors (Lipinski definition) is 4. The second kappa shape index (κ2) is 6.27. The molecule has 0 unspecified atom stereocenters. The number of aryl methyl sites for hydroxylation is 1. The zero-order chi connectivity index (χ0) is 15.5. The third-order valence-electron chi connectivity index (χ3n) is 3.55. The van der Waals surface area contributed by atoms with E-state index in [-0.39, 0.29) is 5.82 Å². The van der Waals surface area contributed by atoms with Gasteiger partial charge >= 0.3 is 0 Å². The predicted molar refractivity (Wildman–Crippen MR) is 83.1 cm³/mol. The number of imidazole rings is 1. The summed E-state index contributed by atoms with van der Waals surface area (Å²) in [5.41, 5.74) is 7.70. The molecular weight excluding hydrogens is 283 g/mol. The molecule has 1 aromatic carbocycles. The molecule has 0 bridgehead atoms. The van der Waals surface area contributed by atoms with Crippen LogP contribution in [0.1, 0.15) is 29.7 Å². The maximum atomic E-state index is 14.0. The zero-order valence-corrected chi connectivity index (χ0v) is 12.5. The first-order chi connectivity index (χ1) is 10.6. The van der Waals surface area contributed by atoms with Crippen molar-refractivity contribution in [2.24, 2.45) is 11.0 Å². The molecule has 0 aliphatic heterocycles. The first-order valence-corrected chi connectivity index (χ1v) is 7.34. The Hall–Kier alpha value is -2.21. The summed E-state index contributed by atoms with van der Waals surface area (Å²) in [5, 5.41) is 4.17. The van der Waals surface area contributed by atoms with Crippen molar-refractivity contribution in [3.8, 4) is 0 Å². The van der Waals surface area contributed by atoms with Crippen molar-refractivity contribution in [2.45, 2.75) is 26.4 Å². The number of nitrogen functional groups attached to an aromatic ring is 1. The van der Waals surface area contributed by atoms with Crippen LogP contribution in [-0.4, -0.2) is 22.5 Å². The van der Waals surface area contributed by atoms with Gasteiger partial charge in [-0.1, -0.05) is 12.1 Å². The first-order valence-electron chi connectivity index (χ1n) is 7.34. The Morgan fingerprint density at radius 3 is 2.95 bits per heavy atom. The molecule has 1 aliphatic rings. The molecule has 1 heterocycles. The molecule has 1 aliphatic carbocycles. The van der Waals surface area contributed by atoms with Gasteiger partial charge in [0, 0.05) is 12.2 Å². The number of rotatable bonds is 6. The Morgan fingerprint density at radius 2 is 2.32 bits per heavy atom. The molecule has 5 nitrogen and oxygen atoms in total. The Morgan fingerprint density at radius 1 is 1.50 bits per heavy atom. The van der Waals surface area contributed by atoms with Gasteiger partial charge in [-0.25, -0.2) is 14.1 Å². The SMILES string of the molecule is Cc1cn(N=Cc2ccc(COCC3CC3)c(F)c2)c(N)n1.